The second-order valence-corrected chi connectivity index (χ2v) is 25.4. The summed E-state index contributed by atoms with van der Waals surface area (Å²) in [5.41, 5.74) is -9.51. The summed E-state index contributed by atoms with van der Waals surface area (Å²) >= 11 is -4.96. The zero-order valence-corrected chi connectivity index (χ0v) is 49.2. The number of hydrogen-bond acceptors (Lipinski definition) is 6. The van der Waals surface area contributed by atoms with Crippen LogP contribution in [0, 0.1) is 69.8 Å². The number of benzene rings is 3. The number of aliphatic imine (C=N–C) groups is 3. The van der Waals surface area contributed by atoms with Crippen LogP contribution in [0.3, 0.4) is 0 Å². The number of halogens is 12. The zero-order chi connectivity index (χ0) is 60.5. The van der Waals surface area contributed by atoms with Gasteiger partial charge in [0.1, 0.15) is 0 Å². The average Bonchev–Trinajstić information content (AvgIpc) is 2.47. The second-order valence-electron chi connectivity index (χ2n) is 20.4. The molecule has 0 spiro atoms. The maximum absolute atomic E-state index is 17.1. The van der Waals surface area contributed by atoms with Crippen molar-refractivity contribution >= 4 is 69.4 Å². The molecular weight excluding hydrogens is 1180 g/mol. The second kappa shape index (κ2) is 27.9. The molecule has 22 heteroatoms. The first-order valence-electron chi connectivity index (χ1n) is 28.3. The van der Waals surface area contributed by atoms with Gasteiger partial charge in [0.2, 0.25) is 0 Å². The molecule has 3 aromatic heterocycles. The fourth-order valence-electron chi connectivity index (χ4n) is 10.6. The monoisotopic (exact) mass is 1240 g/mol. The summed E-state index contributed by atoms with van der Waals surface area (Å²) in [6.07, 6.45) is 24.3. The summed E-state index contributed by atoms with van der Waals surface area (Å²) in [6.45, 7) is 5.80. The number of nitrogens with one attached hydrogen (secondary N) is 3. The molecule has 3 aliphatic rings. The van der Waals surface area contributed by atoms with Crippen LogP contribution in [-0.4, -0.2) is 65.0 Å². The number of aromatic nitrogens is 3. The Morgan fingerprint density at radius 2 is 0.624 bits per heavy atom. The molecule has 85 heavy (non-hydrogen) atoms. The summed E-state index contributed by atoms with van der Waals surface area (Å²) in [4.78, 5) is 13.0. The van der Waals surface area contributed by atoms with Crippen molar-refractivity contribution in [2.75, 3.05) is 35.6 Å². The Bertz CT molecular complexity index is 3270. The van der Waals surface area contributed by atoms with Gasteiger partial charge in [0.05, 0.1) is 0 Å². The molecule has 3 aromatic carbocycles. The molecule has 0 amide bonds. The minimum absolute atomic E-state index is 0.0253. The summed E-state index contributed by atoms with van der Waals surface area (Å²) in [5, 5.41) is 7.48. The number of rotatable bonds is 27. The van der Waals surface area contributed by atoms with Crippen LogP contribution in [0.5, 0.6) is 0 Å². The number of nitrogens with zero attached hydrogens (tertiary/aromatic N) is 6. The molecule has 0 aliphatic carbocycles. The number of hydrogen-bond donors (Lipinski definition) is 3. The normalized spacial score (nSPS) is 15.1. The van der Waals surface area contributed by atoms with Crippen molar-refractivity contribution in [3.05, 3.63) is 212 Å². The van der Waals surface area contributed by atoms with Crippen molar-refractivity contribution in [3.8, 4) is 0 Å². The maximum atomic E-state index is 17.1. The molecular formula is C63H60F12GaN9. The quantitative estimate of drug-likeness (QED) is 0.0208. The summed E-state index contributed by atoms with van der Waals surface area (Å²) < 4.78 is 206. The molecule has 6 aromatic rings. The van der Waals surface area contributed by atoms with Crippen molar-refractivity contribution in [3.63, 3.8) is 0 Å². The van der Waals surface area contributed by atoms with E-state index in [0.717, 1.165) is 38.5 Å². The predicted octanol–water partition coefficient (Wildman–Crippen LogP) is 16.9. The Hall–Kier alpha value is -7.85. The van der Waals surface area contributed by atoms with Gasteiger partial charge >= 0.3 is 452 Å². The molecule has 0 unspecified atom stereocenters. The van der Waals surface area contributed by atoms with Crippen LogP contribution in [0.4, 0.5) is 69.7 Å². The summed E-state index contributed by atoms with van der Waals surface area (Å²) in [6, 6.07) is 8.23. The number of anilines is 3. The molecule has 0 fully saturated rings. The predicted molar refractivity (Wildman–Crippen MR) is 313 cm³/mol. The molecule has 0 saturated heterocycles. The van der Waals surface area contributed by atoms with Gasteiger partial charge in [-0.2, -0.15) is 0 Å². The minimum atomic E-state index is -4.96. The first-order chi connectivity index (χ1) is 41.2. The van der Waals surface area contributed by atoms with E-state index < -0.39 is 137 Å². The van der Waals surface area contributed by atoms with Crippen LogP contribution in [0.1, 0.15) is 132 Å². The van der Waals surface area contributed by atoms with Gasteiger partial charge in [0.25, 0.3) is 0 Å². The first-order valence-corrected chi connectivity index (χ1v) is 31.6. The fraction of sp³-hybridized carbons (Fsp3) is 0.286. The third kappa shape index (κ3) is 12.3. The summed E-state index contributed by atoms with van der Waals surface area (Å²) in [5.74, 6) is -21.4. The van der Waals surface area contributed by atoms with Crippen molar-refractivity contribution in [1.82, 2.24) is 9.82 Å². The number of unbranched alkanes of at least 4 members (excludes halogenated alkanes) is 9. The van der Waals surface area contributed by atoms with Crippen molar-refractivity contribution in [2.45, 2.75) is 97.8 Å². The van der Waals surface area contributed by atoms with Gasteiger partial charge in [0.15, 0.2) is 0 Å². The van der Waals surface area contributed by atoms with E-state index in [1.807, 2.05) is 20.8 Å². The molecule has 3 N–H and O–H groups in total. The van der Waals surface area contributed by atoms with Crippen LogP contribution in [0.25, 0.3) is 16.7 Å². The van der Waals surface area contributed by atoms with E-state index in [2.05, 4.69) is 30.9 Å². The van der Waals surface area contributed by atoms with E-state index in [1.54, 1.807) is 0 Å². The van der Waals surface area contributed by atoms with Gasteiger partial charge in [0, 0.05) is 0 Å². The molecule has 444 valence electrons. The van der Waals surface area contributed by atoms with E-state index in [0.29, 0.717) is 38.5 Å². The Balaban J connectivity index is 1.31. The molecule has 0 saturated carbocycles. The average molecular weight is 1240 g/mol. The van der Waals surface area contributed by atoms with Gasteiger partial charge in [-0.05, 0) is 0 Å². The van der Waals surface area contributed by atoms with E-state index >= 15 is 52.7 Å². The Kier molecular flexibility index (Phi) is 20.3. The van der Waals surface area contributed by atoms with Gasteiger partial charge in [-0.3, -0.25) is 0 Å². The van der Waals surface area contributed by atoms with Crippen LogP contribution in [0.2, 0.25) is 0 Å². The van der Waals surface area contributed by atoms with Crippen molar-refractivity contribution in [2.24, 2.45) is 15.0 Å². The molecule has 0 radical (unpaired) electrons. The van der Waals surface area contributed by atoms with Crippen molar-refractivity contribution < 1.29 is 52.7 Å². The van der Waals surface area contributed by atoms with Gasteiger partial charge in [-0.25, -0.2) is 0 Å². The van der Waals surface area contributed by atoms with E-state index in [1.165, 1.54) is 120 Å². The van der Waals surface area contributed by atoms with Crippen molar-refractivity contribution in [1.29, 1.82) is 0 Å². The Labute approximate surface area is 490 Å². The first kappa shape index (κ1) is 61.7. The van der Waals surface area contributed by atoms with Gasteiger partial charge in [-0.1, -0.05) is 40.0 Å². The zero-order valence-electron chi connectivity index (χ0n) is 46.8. The molecule has 0 atom stereocenters. The van der Waals surface area contributed by atoms with E-state index in [9.17, 15) is 0 Å². The molecule has 9 rings (SSSR count). The van der Waals surface area contributed by atoms with Gasteiger partial charge < -0.3 is 0 Å². The SMILES string of the molecule is CCCCCCNc1c(F)c(F)c(/C(=C2\C=CC=N2)c2ccc[n]2[Ga]([n]2cccc2/C(=C2/C=CC=N2)c2c(F)c(F)c(NCCCCCC)c(F)c2F)[n]2cccc2/C(=C2/C=CC=N2)c2c(F)c(F)c(NCCCCCC)c(F)c2F)c(F)c1F. The van der Waals surface area contributed by atoms with Gasteiger partial charge in [-0.15, -0.1) is 0 Å². The van der Waals surface area contributed by atoms with Crippen LogP contribution in [0.15, 0.2) is 124 Å². The third-order valence-electron chi connectivity index (χ3n) is 14.8. The molecule has 6 heterocycles. The van der Waals surface area contributed by atoms with E-state index in [4.69, 9.17) is 0 Å². The Morgan fingerprint density at radius 1 is 0.365 bits per heavy atom. The number of allylic oxidation sites excluding steroid dienone is 6. The fourth-order valence-corrected chi connectivity index (χ4v) is 16.8. The standard InChI is InChI=1S/3C21H20F4N3.Ga/c3*1-2-3-4-5-10-28-21-19(24)17(22)16(18(23)20(21)25)15(13-8-6-11-26-13)14-9-7-12-27-14;/h3*6-9,11-12,28H,2-5,10H2,1H3;/q3*-1;+3/b3*15-13+;. The molecule has 3 aliphatic heterocycles. The van der Waals surface area contributed by atoms with Crippen LogP contribution < -0.4 is 16.0 Å². The van der Waals surface area contributed by atoms with E-state index in [-0.39, 0.29) is 53.8 Å². The molecule has 9 nitrogen and oxygen atoms in total. The molecule has 0 bridgehead atoms. The third-order valence-corrected chi connectivity index (χ3v) is 20.8. The summed E-state index contributed by atoms with van der Waals surface area (Å²) in [7, 11) is 0. The topological polar surface area (TPSA) is 88.0 Å². The van der Waals surface area contributed by atoms with Crippen LogP contribution >= 0.6 is 0 Å². The van der Waals surface area contributed by atoms with Crippen LogP contribution in [-0.2, 0) is 0 Å². The Morgan fingerprint density at radius 3 is 0.847 bits per heavy atom.